The van der Waals surface area contributed by atoms with Gasteiger partial charge in [0.1, 0.15) is 5.69 Å². The minimum absolute atomic E-state index is 0.0996. The van der Waals surface area contributed by atoms with E-state index in [1.54, 1.807) is 39.8 Å². The number of carbonyl (C=O) groups excluding carboxylic acids is 2. The SMILES string of the molecule is CCOC(=O)c1[nH]c(C)c(C(=O)CN2CCN(S(=O)(=O)c3ccc(C)cc3C)CC2)c1C. The molecule has 1 aromatic heterocycles. The minimum Gasteiger partial charge on any atom is -0.461 e. The lowest BCUT2D eigenvalue weighted by atomic mass is 10.0. The van der Waals surface area contributed by atoms with E-state index in [0.717, 1.165) is 11.1 Å². The number of rotatable bonds is 7. The van der Waals surface area contributed by atoms with Gasteiger partial charge in [-0.3, -0.25) is 9.69 Å². The number of sulfonamides is 1. The number of piperazine rings is 1. The fourth-order valence-electron chi connectivity index (χ4n) is 4.21. The summed E-state index contributed by atoms with van der Waals surface area (Å²) in [7, 11) is -3.57. The number of esters is 1. The van der Waals surface area contributed by atoms with Crippen molar-refractivity contribution in [3.05, 3.63) is 51.8 Å². The molecule has 8 nitrogen and oxygen atoms in total. The Morgan fingerprint density at radius 1 is 1.06 bits per heavy atom. The molecule has 0 bridgehead atoms. The monoisotopic (exact) mass is 461 g/mol. The van der Waals surface area contributed by atoms with Crippen LogP contribution in [0.2, 0.25) is 0 Å². The van der Waals surface area contributed by atoms with Crippen molar-refractivity contribution in [2.45, 2.75) is 39.5 Å². The quantitative estimate of drug-likeness (QED) is 0.503. The molecule has 0 aliphatic carbocycles. The molecule has 2 aromatic rings. The summed E-state index contributed by atoms with van der Waals surface area (Å²) in [5, 5.41) is 0. The zero-order valence-corrected chi connectivity index (χ0v) is 20.1. The third-order valence-electron chi connectivity index (χ3n) is 5.84. The van der Waals surface area contributed by atoms with Gasteiger partial charge in [0.25, 0.3) is 0 Å². The van der Waals surface area contributed by atoms with Crippen molar-refractivity contribution in [1.82, 2.24) is 14.2 Å². The smallest absolute Gasteiger partial charge is 0.355 e. The predicted octanol–water partition coefficient (Wildman–Crippen LogP) is 2.61. The van der Waals surface area contributed by atoms with Gasteiger partial charge in [-0.1, -0.05) is 17.7 Å². The molecule has 0 unspecified atom stereocenters. The van der Waals surface area contributed by atoms with Crippen LogP contribution < -0.4 is 0 Å². The normalized spacial score (nSPS) is 15.7. The molecule has 1 aliphatic rings. The van der Waals surface area contributed by atoms with Crippen molar-refractivity contribution in [2.24, 2.45) is 0 Å². The summed E-state index contributed by atoms with van der Waals surface area (Å²) in [6.45, 7) is 11.0. The van der Waals surface area contributed by atoms with E-state index < -0.39 is 16.0 Å². The van der Waals surface area contributed by atoms with E-state index in [4.69, 9.17) is 4.74 Å². The zero-order valence-electron chi connectivity index (χ0n) is 19.3. The number of aryl methyl sites for hydroxylation is 3. The van der Waals surface area contributed by atoms with Gasteiger partial charge in [-0.25, -0.2) is 13.2 Å². The first-order valence-electron chi connectivity index (χ1n) is 10.8. The summed E-state index contributed by atoms with van der Waals surface area (Å²) >= 11 is 0. The topological polar surface area (TPSA) is 99.8 Å². The van der Waals surface area contributed by atoms with Gasteiger partial charge in [-0.05, 0) is 51.8 Å². The van der Waals surface area contributed by atoms with Crippen LogP contribution in [0, 0.1) is 27.7 Å². The summed E-state index contributed by atoms with van der Waals surface area (Å²) in [5.41, 5.74) is 3.77. The number of nitrogens with one attached hydrogen (secondary N) is 1. The fourth-order valence-corrected chi connectivity index (χ4v) is 5.84. The van der Waals surface area contributed by atoms with Crippen LogP contribution in [-0.2, 0) is 14.8 Å². The van der Waals surface area contributed by atoms with Crippen LogP contribution in [-0.4, -0.2) is 73.7 Å². The average molecular weight is 462 g/mol. The molecule has 32 heavy (non-hydrogen) atoms. The van der Waals surface area contributed by atoms with Gasteiger partial charge in [0.05, 0.1) is 18.0 Å². The lowest BCUT2D eigenvalue weighted by Gasteiger charge is -2.33. The number of nitrogens with zero attached hydrogens (tertiary/aromatic N) is 2. The van der Waals surface area contributed by atoms with Crippen molar-refractivity contribution in [3.8, 4) is 0 Å². The van der Waals surface area contributed by atoms with Crippen LogP contribution in [0.15, 0.2) is 23.1 Å². The molecule has 0 spiro atoms. The average Bonchev–Trinajstić information content (AvgIpc) is 3.02. The summed E-state index contributed by atoms with van der Waals surface area (Å²) in [6, 6.07) is 5.34. The van der Waals surface area contributed by atoms with Crippen LogP contribution in [0.3, 0.4) is 0 Å². The Morgan fingerprint density at radius 2 is 1.72 bits per heavy atom. The first-order valence-corrected chi connectivity index (χ1v) is 12.2. The van der Waals surface area contributed by atoms with E-state index in [1.807, 2.05) is 17.9 Å². The lowest BCUT2D eigenvalue weighted by molar-refractivity contribution is 0.0519. The van der Waals surface area contributed by atoms with Gasteiger partial charge in [0, 0.05) is 37.4 Å². The number of carbonyl (C=O) groups is 2. The Morgan fingerprint density at radius 3 is 2.31 bits per heavy atom. The van der Waals surface area contributed by atoms with E-state index in [0.29, 0.717) is 53.6 Å². The number of Topliss-reactive ketones (excluding diaryl/α,β-unsaturated/α-hetero) is 1. The minimum atomic E-state index is -3.57. The molecule has 2 heterocycles. The number of benzene rings is 1. The van der Waals surface area contributed by atoms with Crippen LogP contribution in [0.5, 0.6) is 0 Å². The van der Waals surface area contributed by atoms with Crippen molar-refractivity contribution in [3.63, 3.8) is 0 Å². The van der Waals surface area contributed by atoms with Gasteiger partial charge in [-0.2, -0.15) is 4.31 Å². The van der Waals surface area contributed by atoms with E-state index in [9.17, 15) is 18.0 Å². The first-order chi connectivity index (χ1) is 15.1. The van der Waals surface area contributed by atoms with Gasteiger partial charge >= 0.3 is 5.97 Å². The number of aromatic nitrogens is 1. The van der Waals surface area contributed by atoms with E-state index in [1.165, 1.54) is 4.31 Å². The summed E-state index contributed by atoms with van der Waals surface area (Å²) in [5.74, 6) is -0.574. The molecule has 1 aliphatic heterocycles. The van der Waals surface area contributed by atoms with Crippen molar-refractivity contribution >= 4 is 21.8 Å². The highest BCUT2D eigenvalue weighted by atomic mass is 32.2. The second-order valence-corrected chi connectivity index (χ2v) is 10.1. The Balaban J connectivity index is 1.66. The Labute approximate surface area is 189 Å². The predicted molar refractivity (Wildman–Crippen MR) is 122 cm³/mol. The maximum absolute atomic E-state index is 13.1. The molecule has 0 atom stereocenters. The molecule has 174 valence electrons. The number of hydrogen-bond acceptors (Lipinski definition) is 6. The maximum Gasteiger partial charge on any atom is 0.355 e. The highest BCUT2D eigenvalue weighted by Crippen LogP contribution is 2.23. The molecular weight excluding hydrogens is 430 g/mol. The van der Waals surface area contributed by atoms with Crippen molar-refractivity contribution in [1.29, 1.82) is 0 Å². The standard InChI is InChI=1S/C23H31N3O5S/c1-6-31-23(28)22-17(4)21(18(5)24-22)19(27)14-25-9-11-26(12-10-25)32(29,30)20-8-7-15(2)13-16(20)3/h7-8,13,24H,6,9-12,14H2,1-5H3. The van der Waals surface area contributed by atoms with Gasteiger partial charge in [-0.15, -0.1) is 0 Å². The highest BCUT2D eigenvalue weighted by Gasteiger charge is 2.31. The van der Waals surface area contributed by atoms with Crippen LogP contribution in [0.1, 0.15) is 50.2 Å². The molecule has 1 fully saturated rings. The molecule has 1 N–H and O–H groups in total. The Kier molecular flexibility index (Phi) is 7.22. The first kappa shape index (κ1) is 24.2. The Bertz CT molecular complexity index is 1130. The summed E-state index contributed by atoms with van der Waals surface area (Å²) in [6.07, 6.45) is 0. The number of ether oxygens (including phenoxy) is 1. The highest BCUT2D eigenvalue weighted by molar-refractivity contribution is 7.89. The van der Waals surface area contributed by atoms with Gasteiger partial charge < -0.3 is 9.72 Å². The second-order valence-electron chi connectivity index (χ2n) is 8.22. The number of ketones is 1. The summed E-state index contributed by atoms with van der Waals surface area (Å²) in [4.78, 5) is 30.3. The largest absolute Gasteiger partial charge is 0.461 e. The third kappa shape index (κ3) is 4.79. The number of aromatic amines is 1. The molecular formula is C23H31N3O5S. The molecule has 9 heteroatoms. The molecule has 0 amide bonds. The Hall–Kier alpha value is -2.49. The number of hydrogen-bond donors (Lipinski definition) is 1. The summed E-state index contributed by atoms with van der Waals surface area (Å²) < 4.78 is 32.7. The molecule has 3 rings (SSSR count). The second kappa shape index (κ2) is 9.56. The maximum atomic E-state index is 13.1. The molecule has 0 radical (unpaired) electrons. The van der Waals surface area contributed by atoms with Crippen molar-refractivity contribution < 1.29 is 22.7 Å². The lowest BCUT2D eigenvalue weighted by Crippen LogP contribution is -2.49. The van der Waals surface area contributed by atoms with E-state index in [2.05, 4.69) is 4.98 Å². The van der Waals surface area contributed by atoms with Crippen molar-refractivity contribution in [2.75, 3.05) is 39.3 Å². The van der Waals surface area contributed by atoms with E-state index >= 15 is 0 Å². The van der Waals surface area contributed by atoms with Gasteiger partial charge in [0.15, 0.2) is 5.78 Å². The molecule has 0 saturated carbocycles. The van der Waals surface area contributed by atoms with Crippen LogP contribution in [0.4, 0.5) is 0 Å². The van der Waals surface area contributed by atoms with Crippen LogP contribution >= 0.6 is 0 Å². The zero-order chi connectivity index (χ0) is 23.6. The molecule has 1 aromatic carbocycles. The third-order valence-corrected chi connectivity index (χ3v) is 7.90. The molecule has 1 saturated heterocycles. The number of H-pyrrole nitrogens is 1. The van der Waals surface area contributed by atoms with Gasteiger partial charge in [0.2, 0.25) is 10.0 Å². The van der Waals surface area contributed by atoms with Crippen LogP contribution in [0.25, 0.3) is 0 Å². The fraction of sp³-hybridized carbons (Fsp3) is 0.478. The van der Waals surface area contributed by atoms with E-state index in [-0.39, 0.29) is 18.9 Å².